The Balaban J connectivity index is 1.89. The Morgan fingerprint density at radius 1 is 1.17 bits per heavy atom. The molecule has 0 aliphatic heterocycles. The van der Waals surface area contributed by atoms with Crippen LogP contribution in [-0.2, 0) is 11.4 Å². The van der Waals surface area contributed by atoms with Gasteiger partial charge in [-0.25, -0.2) is 0 Å². The van der Waals surface area contributed by atoms with Gasteiger partial charge in [-0.1, -0.05) is 13.0 Å². The summed E-state index contributed by atoms with van der Waals surface area (Å²) in [5.41, 5.74) is 2.45. The summed E-state index contributed by atoms with van der Waals surface area (Å²) in [5, 5.41) is 3.80. The molecule has 2 heterocycles. The molecule has 0 spiro atoms. The van der Waals surface area contributed by atoms with Gasteiger partial charge in [0.15, 0.2) is 0 Å². The Hall–Kier alpha value is -2.95. The van der Waals surface area contributed by atoms with Crippen molar-refractivity contribution in [3.63, 3.8) is 0 Å². The zero-order valence-corrected chi connectivity index (χ0v) is 12.8. The zero-order chi connectivity index (χ0) is 16.1. The quantitative estimate of drug-likeness (QED) is 0.783. The summed E-state index contributed by atoms with van der Waals surface area (Å²) in [6.07, 6.45) is 5.59. The maximum absolute atomic E-state index is 11.7. The molecule has 1 amide bonds. The number of fused-ring (bicyclic) bond motifs is 1. The number of carbonyl (C=O) groups is 1. The molecule has 0 aliphatic rings. The lowest BCUT2D eigenvalue weighted by molar-refractivity contribution is -0.115. The fourth-order valence-electron chi connectivity index (χ4n) is 2.23. The lowest BCUT2D eigenvalue weighted by Gasteiger charge is -2.12. The molecule has 0 atom stereocenters. The number of hydrogen-bond acceptors (Lipinski definition) is 4. The van der Waals surface area contributed by atoms with Crippen LogP contribution in [0.4, 0.5) is 5.69 Å². The summed E-state index contributed by atoms with van der Waals surface area (Å²) >= 11 is 0. The average molecular weight is 307 g/mol. The third-order valence-corrected chi connectivity index (χ3v) is 3.43. The van der Waals surface area contributed by atoms with Gasteiger partial charge in [0.1, 0.15) is 12.4 Å². The molecular weight excluding hydrogens is 290 g/mol. The minimum Gasteiger partial charge on any atom is -0.489 e. The summed E-state index contributed by atoms with van der Waals surface area (Å²) in [6, 6.07) is 11.4. The van der Waals surface area contributed by atoms with Crippen molar-refractivity contribution in [1.29, 1.82) is 0 Å². The fraction of sp³-hybridized carbons (Fsp3) is 0.167. The van der Waals surface area contributed by atoms with Gasteiger partial charge in [0.05, 0.1) is 11.2 Å². The molecule has 0 aliphatic carbocycles. The molecule has 0 unspecified atom stereocenters. The highest BCUT2D eigenvalue weighted by molar-refractivity contribution is 6.00. The topological polar surface area (TPSA) is 64.1 Å². The van der Waals surface area contributed by atoms with Crippen LogP contribution in [0.15, 0.2) is 55.0 Å². The molecule has 0 saturated heterocycles. The molecule has 0 fully saturated rings. The van der Waals surface area contributed by atoms with E-state index < -0.39 is 0 Å². The number of aromatic nitrogens is 2. The van der Waals surface area contributed by atoms with Gasteiger partial charge in [0, 0.05) is 36.5 Å². The highest BCUT2D eigenvalue weighted by Crippen LogP contribution is 2.28. The second-order valence-corrected chi connectivity index (χ2v) is 5.09. The Labute approximate surface area is 134 Å². The lowest BCUT2D eigenvalue weighted by atomic mass is 10.1. The molecular formula is C18H17N3O2. The second-order valence-electron chi connectivity index (χ2n) is 5.09. The van der Waals surface area contributed by atoms with Crippen LogP contribution in [0.3, 0.4) is 0 Å². The maximum Gasteiger partial charge on any atom is 0.224 e. The number of rotatable bonds is 5. The van der Waals surface area contributed by atoms with Crippen LogP contribution in [0.25, 0.3) is 10.9 Å². The molecule has 0 bridgehead atoms. The predicted octanol–water partition coefficient (Wildman–Crippen LogP) is 3.56. The molecule has 116 valence electrons. The third kappa shape index (κ3) is 3.63. The standard InChI is InChI=1S/C18H17N3O2/c1-2-17(22)21-16-11-15(10-14-4-3-7-20-18(14)16)23-12-13-5-8-19-9-6-13/h3-11H,2,12H2,1H3,(H,21,22). The molecule has 23 heavy (non-hydrogen) atoms. The molecule has 1 N–H and O–H groups in total. The van der Waals surface area contributed by atoms with E-state index in [0.29, 0.717) is 24.5 Å². The van der Waals surface area contributed by atoms with Crippen LogP contribution < -0.4 is 10.1 Å². The normalized spacial score (nSPS) is 10.5. The molecule has 5 heteroatoms. The molecule has 2 aromatic heterocycles. The molecule has 0 radical (unpaired) electrons. The number of carbonyl (C=O) groups excluding carboxylic acids is 1. The van der Waals surface area contributed by atoms with Gasteiger partial charge < -0.3 is 10.1 Å². The van der Waals surface area contributed by atoms with Crippen molar-refractivity contribution in [2.24, 2.45) is 0 Å². The molecule has 5 nitrogen and oxygen atoms in total. The van der Waals surface area contributed by atoms with Crippen molar-refractivity contribution in [1.82, 2.24) is 9.97 Å². The van der Waals surface area contributed by atoms with E-state index in [-0.39, 0.29) is 5.91 Å². The van der Waals surface area contributed by atoms with Crippen LogP contribution >= 0.6 is 0 Å². The first-order chi connectivity index (χ1) is 11.3. The molecule has 3 aromatic rings. The first-order valence-electron chi connectivity index (χ1n) is 7.46. The number of anilines is 1. The summed E-state index contributed by atoms with van der Waals surface area (Å²) < 4.78 is 5.85. The number of benzene rings is 1. The van der Waals surface area contributed by atoms with Crippen LogP contribution in [0.1, 0.15) is 18.9 Å². The van der Waals surface area contributed by atoms with Gasteiger partial charge in [-0.3, -0.25) is 14.8 Å². The summed E-state index contributed by atoms with van der Waals surface area (Å²) in [5.74, 6) is 0.636. The number of pyridine rings is 2. The SMILES string of the molecule is CCC(=O)Nc1cc(OCc2ccncc2)cc2cccnc12. The first kappa shape index (κ1) is 15.0. The monoisotopic (exact) mass is 307 g/mol. The minimum atomic E-state index is -0.0526. The lowest BCUT2D eigenvalue weighted by Crippen LogP contribution is -2.10. The molecule has 3 rings (SSSR count). The number of amides is 1. The molecule has 0 saturated carbocycles. The van der Waals surface area contributed by atoms with E-state index >= 15 is 0 Å². The van der Waals surface area contributed by atoms with Crippen molar-refractivity contribution >= 4 is 22.5 Å². The Morgan fingerprint density at radius 3 is 2.78 bits per heavy atom. The number of nitrogens with one attached hydrogen (secondary N) is 1. The van der Waals surface area contributed by atoms with Crippen molar-refractivity contribution < 1.29 is 9.53 Å². The first-order valence-corrected chi connectivity index (χ1v) is 7.46. The number of nitrogens with zero attached hydrogens (tertiary/aromatic N) is 2. The third-order valence-electron chi connectivity index (χ3n) is 3.43. The van der Waals surface area contributed by atoms with Crippen molar-refractivity contribution in [2.75, 3.05) is 5.32 Å². The Morgan fingerprint density at radius 2 is 2.00 bits per heavy atom. The molecule has 1 aromatic carbocycles. The van der Waals surface area contributed by atoms with Crippen molar-refractivity contribution in [2.45, 2.75) is 20.0 Å². The van der Waals surface area contributed by atoms with Gasteiger partial charge >= 0.3 is 0 Å². The largest absolute Gasteiger partial charge is 0.489 e. The highest BCUT2D eigenvalue weighted by atomic mass is 16.5. The predicted molar refractivity (Wildman–Crippen MR) is 89.2 cm³/mol. The van der Waals surface area contributed by atoms with E-state index in [1.165, 1.54) is 0 Å². The second kappa shape index (κ2) is 6.87. The van der Waals surface area contributed by atoms with Gasteiger partial charge in [0.2, 0.25) is 5.91 Å². The summed E-state index contributed by atoms with van der Waals surface area (Å²) in [4.78, 5) is 20.1. The smallest absolute Gasteiger partial charge is 0.224 e. The van der Waals surface area contributed by atoms with E-state index in [4.69, 9.17) is 4.74 Å². The van der Waals surface area contributed by atoms with Crippen LogP contribution in [-0.4, -0.2) is 15.9 Å². The Bertz CT molecular complexity index is 819. The zero-order valence-electron chi connectivity index (χ0n) is 12.8. The maximum atomic E-state index is 11.7. The van der Waals surface area contributed by atoms with Crippen LogP contribution in [0.5, 0.6) is 5.75 Å². The van der Waals surface area contributed by atoms with E-state index in [0.717, 1.165) is 16.5 Å². The number of ether oxygens (including phenoxy) is 1. The van der Waals surface area contributed by atoms with Gasteiger partial charge in [-0.15, -0.1) is 0 Å². The average Bonchev–Trinajstić information content (AvgIpc) is 2.60. The summed E-state index contributed by atoms with van der Waals surface area (Å²) in [6.45, 7) is 2.25. The number of hydrogen-bond donors (Lipinski definition) is 1. The van der Waals surface area contributed by atoms with Crippen molar-refractivity contribution in [3.8, 4) is 5.75 Å². The van der Waals surface area contributed by atoms with Crippen molar-refractivity contribution in [3.05, 3.63) is 60.6 Å². The minimum absolute atomic E-state index is 0.0526. The van der Waals surface area contributed by atoms with Gasteiger partial charge in [0.25, 0.3) is 0 Å². The van der Waals surface area contributed by atoms with E-state index in [1.54, 1.807) is 18.6 Å². The van der Waals surface area contributed by atoms with Gasteiger partial charge in [-0.2, -0.15) is 0 Å². The van der Waals surface area contributed by atoms with E-state index in [2.05, 4.69) is 15.3 Å². The fourth-order valence-corrected chi connectivity index (χ4v) is 2.23. The van der Waals surface area contributed by atoms with Crippen LogP contribution in [0, 0.1) is 0 Å². The Kier molecular flexibility index (Phi) is 4.47. The van der Waals surface area contributed by atoms with E-state index in [1.807, 2.05) is 43.3 Å². The highest BCUT2D eigenvalue weighted by Gasteiger charge is 2.09. The summed E-state index contributed by atoms with van der Waals surface area (Å²) in [7, 11) is 0. The van der Waals surface area contributed by atoms with Gasteiger partial charge in [-0.05, 0) is 29.8 Å². The van der Waals surface area contributed by atoms with E-state index in [9.17, 15) is 4.79 Å². The van der Waals surface area contributed by atoms with Crippen LogP contribution in [0.2, 0.25) is 0 Å².